The average molecular weight is 368 g/mol. The predicted molar refractivity (Wildman–Crippen MR) is 93.4 cm³/mol. The van der Waals surface area contributed by atoms with Crippen molar-refractivity contribution in [3.05, 3.63) is 29.3 Å². The number of piperazine rings is 1. The Morgan fingerprint density at radius 3 is 2.28 bits per heavy atom. The molecule has 0 bridgehead atoms. The summed E-state index contributed by atoms with van der Waals surface area (Å²) < 4.78 is 5.33. The molecule has 0 aromatic heterocycles. The van der Waals surface area contributed by atoms with Gasteiger partial charge in [0, 0.05) is 51.1 Å². The zero-order valence-corrected chi connectivity index (χ0v) is 14.9. The minimum atomic E-state index is -0.288. The van der Waals surface area contributed by atoms with Crippen molar-refractivity contribution in [2.45, 2.75) is 13.3 Å². The van der Waals surface area contributed by atoms with Crippen molar-refractivity contribution in [1.29, 1.82) is 0 Å². The molecule has 0 unspecified atom stereocenters. The van der Waals surface area contributed by atoms with Crippen molar-refractivity contribution in [3.63, 3.8) is 0 Å². The van der Waals surface area contributed by atoms with Crippen LogP contribution in [0.5, 0.6) is 5.75 Å². The summed E-state index contributed by atoms with van der Waals surface area (Å²) in [6.07, 6.45) is 0.229. The lowest BCUT2D eigenvalue weighted by Crippen LogP contribution is -2.50. The van der Waals surface area contributed by atoms with Crippen LogP contribution in [0.15, 0.2) is 24.3 Å². The van der Waals surface area contributed by atoms with E-state index in [0.717, 1.165) is 0 Å². The Hall–Kier alpha value is -2.28. The second kappa shape index (κ2) is 9.27. The minimum absolute atomic E-state index is 0.0258. The van der Waals surface area contributed by atoms with Crippen LogP contribution in [0.4, 0.5) is 0 Å². The van der Waals surface area contributed by atoms with E-state index in [1.54, 1.807) is 34.1 Å². The normalized spacial score (nSPS) is 14.2. The smallest absolute Gasteiger partial charge is 0.257 e. The first-order valence-electron chi connectivity index (χ1n) is 8.14. The number of hydrogen-bond donors (Lipinski definition) is 1. The van der Waals surface area contributed by atoms with Crippen molar-refractivity contribution < 1.29 is 19.1 Å². The third kappa shape index (κ3) is 6.26. The van der Waals surface area contributed by atoms with Crippen LogP contribution in [0, 0.1) is 0 Å². The van der Waals surface area contributed by atoms with Crippen LogP contribution in [0.1, 0.15) is 13.3 Å². The Morgan fingerprint density at radius 1 is 1.08 bits per heavy atom. The van der Waals surface area contributed by atoms with E-state index in [0.29, 0.717) is 37.0 Å². The molecule has 25 heavy (non-hydrogen) atoms. The maximum absolute atomic E-state index is 12.1. The number of hydrogen-bond acceptors (Lipinski definition) is 4. The first kappa shape index (κ1) is 19.1. The van der Waals surface area contributed by atoms with Crippen molar-refractivity contribution in [3.8, 4) is 5.75 Å². The second-order valence-corrected chi connectivity index (χ2v) is 6.17. The first-order valence-corrected chi connectivity index (χ1v) is 8.52. The Balaban J connectivity index is 1.61. The first-order chi connectivity index (χ1) is 12.0. The van der Waals surface area contributed by atoms with Gasteiger partial charge in [0.15, 0.2) is 6.61 Å². The fraction of sp³-hybridized carbons (Fsp3) is 0.471. The molecule has 1 N–H and O–H groups in total. The maximum Gasteiger partial charge on any atom is 0.257 e. The molecule has 1 aromatic carbocycles. The summed E-state index contributed by atoms with van der Waals surface area (Å²) in [5, 5.41) is 3.26. The molecule has 3 amide bonds. The van der Waals surface area contributed by atoms with Crippen LogP contribution < -0.4 is 10.1 Å². The summed E-state index contributed by atoms with van der Waals surface area (Å²) in [5.41, 5.74) is 0. The number of rotatable bonds is 6. The van der Waals surface area contributed by atoms with E-state index >= 15 is 0 Å². The quantitative estimate of drug-likeness (QED) is 0.810. The average Bonchev–Trinajstić information content (AvgIpc) is 2.61. The van der Waals surface area contributed by atoms with Crippen molar-refractivity contribution in [2.24, 2.45) is 0 Å². The fourth-order valence-corrected chi connectivity index (χ4v) is 2.59. The largest absolute Gasteiger partial charge is 0.484 e. The Kier molecular flexibility index (Phi) is 7.06. The maximum atomic E-state index is 12.1. The highest BCUT2D eigenvalue weighted by atomic mass is 35.5. The van der Waals surface area contributed by atoms with Gasteiger partial charge in [-0.2, -0.15) is 0 Å². The number of nitrogens with one attached hydrogen (secondary N) is 1. The van der Waals surface area contributed by atoms with E-state index in [1.807, 2.05) is 0 Å². The van der Waals surface area contributed by atoms with Crippen LogP contribution in [0.25, 0.3) is 0 Å². The molecular formula is C17H22ClN3O4. The summed E-state index contributed by atoms with van der Waals surface area (Å²) in [6, 6.07) is 6.72. The number of halogens is 1. The molecule has 1 saturated heterocycles. The zero-order valence-electron chi connectivity index (χ0n) is 14.2. The van der Waals surface area contributed by atoms with E-state index < -0.39 is 0 Å². The standard InChI is InChI=1S/C17H22ClN3O4/c1-13(22)20-8-10-21(11-9-20)17(24)6-7-19-16(23)12-25-15-4-2-14(18)3-5-15/h2-5H,6-12H2,1H3,(H,19,23). The minimum Gasteiger partial charge on any atom is -0.484 e. The Morgan fingerprint density at radius 2 is 1.68 bits per heavy atom. The van der Waals surface area contributed by atoms with Gasteiger partial charge in [0.25, 0.3) is 5.91 Å². The summed E-state index contributed by atoms with van der Waals surface area (Å²) in [4.78, 5) is 38.5. The number of carbonyl (C=O) groups is 3. The van der Waals surface area contributed by atoms with Gasteiger partial charge in [-0.3, -0.25) is 14.4 Å². The molecule has 1 aliphatic rings. The van der Waals surface area contributed by atoms with Gasteiger partial charge in [-0.15, -0.1) is 0 Å². The second-order valence-electron chi connectivity index (χ2n) is 5.73. The molecule has 1 aliphatic heterocycles. The molecule has 1 fully saturated rings. The molecule has 8 heteroatoms. The van der Waals surface area contributed by atoms with Crippen LogP contribution >= 0.6 is 11.6 Å². The highest BCUT2D eigenvalue weighted by Crippen LogP contribution is 2.15. The third-order valence-electron chi connectivity index (χ3n) is 3.92. The van der Waals surface area contributed by atoms with Gasteiger partial charge in [-0.25, -0.2) is 0 Å². The highest BCUT2D eigenvalue weighted by Gasteiger charge is 2.21. The lowest BCUT2D eigenvalue weighted by atomic mass is 10.2. The molecule has 0 atom stereocenters. The van der Waals surface area contributed by atoms with Crippen LogP contribution in [0.3, 0.4) is 0 Å². The number of nitrogens with zero attached hydrogens (tertiary/aromatic N) is 2. The van der Waals surface area contributed by atoms with Gasteiger partial charge in [0.1, 0.15) is 5.75 Å². The molecule has 0 saturated carbocycles. The molecule has 0 radical (unpaired) electrons. The number of ether oxygens (including phenoxy) is 1. The van der Waals surface area contributed by atoms with Gasteiger partial charge < -0.3 is 19.9 Å². The summed E-state index contributed by atoms with van der Waals surface area (Å²) in [7, 11) is 0. The topological polar surface area (TPSA) is 79.0 Å². The summed E-state index contributed by atoms with van der Waals surface area (Å²) in [6.45, 7) is 3.85. The van der Waals surface area contributed by atoms with Gasteiger partial charge >= 0.3 is 0 Å². The molecule has 7 nitrogen and oxygen atoms in total. The molecule has 1 heterocycles. The summed E-state index contributed by atoms with van der Waals surface area (Å²) in [5.74, 6) is 0.269. The number of carbonyl (C=O) groups excluding carboxylic acids is 3. The molecule has 1 aromatic rings. The lowest BCUT2D eigenvalue weighted by Gasteiger charge is -2.34. The van der Waals surface area contributed by atoms with E-state index in [2.05, 4.69) is 5.32 Å². The third-order valence-corrected chi connectivity index (χ3v) is 4.17. The van der Waals surface area contributed by atoms with E-state index in [1.165, 1.54) is 6.92 Å². The van der Waals surface area contributed by atoms with Crippen LogP contribution in [-0.4, -0.2) is 66.9 Å². The van der Waals surface area contributed by atoms with Crippen LogP contribution in [0.2, 0.25) is 5.02 Å². The Bertz CT molecular complexity index is 613. The van der Waals surface area contributed by atoms with Crippen LogP contribution in [-0.2, 0) is 14.4 Å². The monoisotopic (exact) mass is 367 g/mol. The van der Waals surface area contributed by atoms with Crippen molar-refractivity contribution in [1.82, 2.24) is 15.1 Å². The number of benzene rings is 1. The fourth-order valence-electron chi connectivity index (χ4n) is 2.47. The van der Waals surface area contributed by atoms with Gasteiger partial charge in [-0.05, 0) is 24.3 Å². The van der Waals surface area contributed by atoms with E-state index in [-0.39, 0.29) is 37.3 Å². The highest BCUT2D eigenvalue weighted by molar-refractivity contribution is 6.30. The van der Waals surface area contributed by atoms with Gasteiger partial charge in [0.05, 0.1) is 0 Å². The lowest BCUT2D eigenvalue weighted by molar-refractivity contribution is -0.138. The van der Waals surface area contributed by atoms with E-state index in [4.69, 9.17) is 16.3 Å². The Labute approximate surface area is 151 Å². The molecule has 0 aliphatic carbocycles. The molecule has 0 spiro atoms. The zero-order chi connectivity index (χ0) is 18.2. The molecular weight excluding hydrogens is 346 g/mol. The van der Waals surface area contributed by atoms with E-state index in [9.17, 15) is 14.4 Å². The van der Waals surface area contributed by atoms with Gasteiger partial charge in [-0.1, -0.05) is 11.6 Å². The van der Waals surface area contributed by atoms with Crippen molar-refractivity contribution in [2.75, 3.05) is 39.3 Å². The van der Waals surface area contributed by atoms with Gasteiger partial charge in [0.2, 0.25) is 11.8 Å². The molecule has 136 valence electrons. The summed E-state index contributed by atoms with van der Waals surface area (Å²) >= 11 is 5.77. The SMILES string of the molecule is CC(=O)N1CCN(C(=O)CCNC(=O)COc2ccc(Cl)cc2)CC1. The predicted octanol–water partition coefficient (Wildman–Crippen LogP) is 0.916. The molecule has 2 rings (SSSR count). The number of amides is 3. The van der Waals surface area contributed by atoms with Crippen molar-refractivity contribution >= 4 is 29.3 Å².